The number of piperidine rings is 1. The van der Waals surface area contributed by atoms with E-state index in [4.69, 9.17) is 10.5 Å². The number of nitrogens with two attached hydrogens (primary N) is 1. The average molecular weight is 518 g/mol. The number of thiophene rings is 1. The van der Waals surface area contributed by atoms with Gasteiger partial charge in [-0.1, -0.05) is 6.07 Å². The van der Waals surface area contributed by atoms with E-state index < -0.39 is 17.6 Å². The highest BCUT2D eigenvalue weighted by atomic mass is 32.2. The molecule has 1 fully saturated rings. The van der Waals surface area contributed by atoms with Crippen molar-refractivity contribution in [3.8, 4) is 5.75 Å². The Morgan fingerprint density at radius 3 is 2.83 bits per heavy atom. The Balaban J connectivity index is 1.42. The van der Waals surface area contributed by atoms with Crippen LogP contribution in [0.4, 0.5) is 4.39 Å². The summed E-state index contributed by atoms with van der Waals surface area (Å²) in [5, 5.41) is 12.9. The number of aliphatic carboxylic acids is 1. The second-order valence-electron chi connectivity index (χ2n) is 9.00. The van der Waals surface area contributed by atoms with Gasteiger partial charge < -0.3 is 20.5 Å². The van der Waals surface area contributed by atoms with Crippen LogP contribution in [0.15, 0.2) is 46.1 Å². The van der Waals surface area contributed by atoms with Crippen molar-refractivity contribution in [3.63, 3.8) is 0 Å². The first-order chi connectivity index (χ1) is 17.0. The number of thioether (sulfide) groups is 1. The molecule has 3 N–H and O–H groups in total. The van der Waals surface area contributed by atoms with E-state index in [1.54, 1.807) is 42.8 Å². The van der Waals surface area contributed by atoms with Crippen molar-refractivity contribution in [2.45, 2.75) is 42.6 Å². The normalized spacial score (nSPS) is 16.9. The number of likely N-dealkylation sites (tertiary alicyclic amines) is 1. The van der Waals surface area contributed by atoms with Gasteiger partial charge in [0, 0.05) is 36.0 Å². The monoisotopic (exact) mass is 517 g/mol. The standard InChI is InChI=1S/C26H32FN3O3S2/c1-33-19-4-5-22-20(15-19)24(18(16-28)17-29-22)21(27)6-7-26(25(31)32)8-10-30(11-9-26)12-14-35-23-3-2-13-34-23/h2-5,13,15,17,21H,6-12,14,16,28H2,1H3,(H,31,32). The highest BCUT2D eigenvalue weighted by Crippen LogP contribution is 2.41. The number of methoxy groups -OCH3 is 1. The zero-order valence-electron chi connectivity index (χ0n) is 19.9. The number of ether oxygens (including phenoxy) is 1. The number of hydrogen-bond acceptors (Lipinski definition) is 7. The van der Waals surface area contributed by atoms with E-state index >= 15 is 4.39 Å². The lowest BCUT2D eigenvalue weighted by atomic mass is 9.74. The summed E-state index contributed by atoms with van der Waals surface area (Å²) >= 11 is 3.57. The van der Waals surface area contributed by atoms with Crippen LogP contribution >= 0.6 is 23.1 Å². The lowest BCUT2D eigenvalue weighted by Gasteiger charge is -2.39. The lowest BCUT2D eigenvalue weighted by molar-refractivity contribution is -0.153. The fourth-order valence-corrected chi connectivity index (χ4v) is 6.70. The van der Waals surface area contributed by atoms with Gasteiger partial charge in [-0.2, -0.15) is 0 Å². The number of benzene rings is 1. The van der Waals surface area contributed by atoms with Crippen LogP contribution in [0.3, 0.4) is 0 Å². The number of aromatic nitrogens is 1. The smallest absolute Gasteiger partial charge is 0.309 e. The Labute approximate surface area is 213 Å². The topological polar surface area (TPSA) is 88.7 Å². The zero-order valence-corrected chi connectivity index (χ0v) is 21.5. The molecule has 188 valence electrons. The SMILES string of the molecule is COc1ccc2ncc(CN)c(C(F)CCC3(C(=O)O)CCN(CCSc4cccs4)CC3)c2c1. The Morgan fingerprint density at radius 1 is 1.37 bits per heavy atom. The first-order valence-corrected chi connectivity index (χ1v) is 13.7. The largest absolute Gasteiger partial charge is 0.497 e. The second kappa shape index (κ2) is 11.7. The van der Waals surface area contributed by atoms with Crippen molar-refractivity contribution in [2.24, 2.45) is 11.1 Å². The van der Waals surface area contributed by atoms with Gasteiger partial charge in [0.05, 0.1) is 22.3 Å². The molecule has 3 heterocycles. The van der Waals surface area contributed by atoms with Crippen LogP contribution in [0.1, 0.15) is 43.0 Å². The average Bonchev–Trinajstić information content (AvgIpc) is 3.40. The zero-order chi connectivity index (χ0) is 24.8. The summed E-state index contributed by atoms with van der Waals surface area (Å²) in [6.07, 6.45) is 1.78. The Bertz CT molecular complexity index is 1130. The first kappa shape index (κ1) is 25.9. The van der Waals surface area contributed by atoms with E-state index in [9.17, 15) is 9.90 Å². The first-order valence-electron chi connectivity index (χ1n) is 11.9. The third kappa shape index (κ3) is 5.97. The molecule has 1 saturated heterocycles. The summed E-state index contributed by atoms with van der Waals surface area (Å²) in [5.41, 5.74) is 6.82. The summed E-state index contributed by atoms with van der Waals surface area (Å²) in [5.74, 6) is 0.777. The predicted octanol–water partition coefficient (Wildman–Crippen LogP) is 5.51. The molecule has 0 bridgehead atoms. The van der Waals surface area contributed by atoms with E-state index in [-0.39, 0.29) is 13.0 Å². The maximum absolute atomic E-state index is 15.8. The van der Waals surface area contributed by atoms with Crippen LogP contribution in [-0.4, -0.2) is 53.5 Å². The van der Waals surface area contributed by atoms with Crippen LogP contribution < -0.4 is 10.5 Å². The molecule has 1 aliphatic heterocycles. The van der Waals surface area contributed by atoms with Gasteiger partial charge in [-0.15, -0.1) is 23.1 Å². The number of alkyl halides is 1. The van der Waals surface area contributed by atoms with E-state index in [0.717, 1.165) is 25.4 Å². The van der Waals surface area contributed by atoms with E-state index in [0.29, 0.717) is 47.0 Å². The molecule has 35 heavy (non-hydrogen) atoms. The number of halogens is 1. The molecule has 0 saturated carbocycles. The van der Waals surface area contributed by atoms with E-state index in [2.05, 4.69) is 27.4 Å². The number of carboxylic acids is 1. The molecule has 1 aliphatic rings. The fourth-order valence-electron chi connectivity index (χ4n) is 4.84. The minimum Gasteiger partial charge on any atom is -0.497 e. The number of rotatable bonds is 11. The predicted molar refractivity (Wildman–Crippen MR) is 140 cm³/mol. The minimum absolute atomic E-state index is 0.129. The molecule has 4 rings (SSSR count). The van der Waals surface area contributed by atoms with Crippen LogP contribution in [0.5, 0.6) is 5.75 Å². The number of fused-ring (bicyclic) bond motifs is 1. The van der Waals surface area contributed by atoms with Gasteiger partial charge in [0.15, 0.2) is 0 Å². The molecule has 2 aromatic heterocycles. The molecule has 6 nitrogen and oxygen atoms in total. The fraction of sp³-hybridized carbons (Fsp3) is 0.462. The summed E-state index contributed by atoms with van der Waals surface area (Å²) in [4.78, 5) is 19.1. The van der Waals surface area contributed by atoms with Crippen LogP contribution in [0.2, 0.25) is 0 Å². The van der Waals surface area contributed by atoms with Gasteiger partial charge in [-0.3, -0.25) is 9.78 Å². The quantitative estimate of drug-likeness (QED) is 0.324. The third-order valence-corrected chi connectivity index (χ3v) is 9.13. The molecule has 3 aromatic rings. The number of nitrogens with zero attached hydrogens (tertiary/aromatic N) is 2. The molecule has 9 heteroatoms. The van der Waals surface area contributed by atoms with E-state index in [1.165, 1.54) is 4.21 Å². The number of carboxylic acid groups (broad SMARTS) is 1. The second-order valence-corrected chi connectivity index (χ2v) is 11.3. The molecular formula is C26H32FN3O3S2. The third-order valence-electron chi connectivity index (χ3n) is 7.02. The van der Waals surface area contributed by atoms with Crippen LogP contribution in [-0.2, 0) is 11.3 Å². The Kier molecular flexibility index (Phi) is 8.64. The van der Waals surface area contributed by atoms with Crippen molar-refractivity contribution in [3.05, 3.63) is 53.0 Å². The van der Waals surface area contributed by atoms with Crippen molar-refractivity contribution >= 4 is 40.0 Å². The molecule has 1 atom stereocenters. The highest BCUT2D eigenvalue weighted by Gasteiger charge is 2.41. The maximum Gasteiger partial charge on any atom is 0.309 e. The summed E-state index contributed by atoms with van der Waals surface area (Å²) in [6.45, 7) is 2.53. The van der Waals surface area contributed by atoms with Crippen molar-refractivity contribution < 1.29 is 19.0 Å². The van der Waals surface area contributed by atoms with Crippen LogP contribution in [0, 0.1) is 5.41 Å². The van der Waals surface area contributed by atoms with Crippen molar-refractivity contribution in [1.82, 2.24) is 9.88 Å². The number of carbonyl (C=O) groups is 1. The molecule has 0 amide bonds. The van der Waals surface area contributed by atoms with Crippen molar-refractivity contribution in [2.75, 3.05) is 32.5 Å². The molecular weight excluding hydrogens is 485 g/mol. The maximum atomic E-state index is 15.8. The number of hydrogen-bond donors (Lipinski definition) is 2. The van der Waals surface area contributed by atoms with Gasteiger partial charge in [-0.05, 0) is 74.0 Å². The summed E-state index contributed by atoms with van der Waals surface area (Å²) in [7, 11) is 1.57. The number of pyridine rings is 1. The molecule has 1 unspecified atom stereocenters. The highest BCUT2D eigenvalue weighted by molar-refractivity contribution is 8.01. The minimum atomic E-state index is -1.33. The molecule has 0 spiro atoms. The summed E-state index contributed by atoms with van der Waals surface area (Å²) < 4.78 is 22.4. The van der Waals surface area contributed by atoms with E-state index in [1.807, 2.05) is 11.8 Å². The van der Waals surface area contributed by atoms with Gasteiger partial charge in [0.25, 0.3) is 0 Å². The molecule has 0 radical (unpaired) electrons. The van der Waals surface area contributed by atoms with Gasteiger partial charge >= 0.3 is 5.97 Å². The lowest BCUT2D eigenvalue weighted by Crippen LogP contribution is -2.45. The molecule has 0 aliphatic carbocycles. The summed E-state index contributed by atoms with van der Waals surface area (Å²) in [6, 6.07) is 9.54. The molecule has 1 aromatic carbocycles. The van der Waals surface area contributed by atoms with Gasteiger partial charge in [0.1, 0.15) is 11.9 Å². The van der Waals surface area contributed by atoms with Gasteiger partial charge in [0.2, 0.25) is 0 Å². The van der Waals surface area contributed by atoms with Crippen molar-refractivity contribution in [1.29, 1.82) is 0 Å². The van der Waals surface area contributed by atoms with Crippen LogP contribution in [0.25, 0.3) is 10.9 Å². The van der Waals surface area contributed by atoms with Gasteiger partial charge in [-0.25, -0.2) is 4.39 Å². The Morgan fingerprint density at radius 2 is 2.17 bits per heavy atom. The Hall–Kier alpha value is -2.20.